The van der Waals surface area contributed by atoms with Crippen molar-refractivity contribution >= 4 is 15.9 Å². The molecule has 0 radical (unpaired) electrons. The molecule has 0 aromatic heterocycles. The second kappa shape index (κ2) is 7.98. The lowest BCUT2D eigenvalue weighted by Crippen LogP contribution is -2.24. The molecule has 1 saturated carbocycles. The normalized spacial score (nSPS) is 16.7. The Morgan fingerprint density at radius 1 is 1.26 bits per heavy atom. The topological polar surface area (TPSA) is 21.3 Å². The highest BCUT2D eigenvalue weighted by Crippen LogP contribution is 2.20. The Balaban J connectivity index is 1.59. The van der Waals surface area contributed by atoms with E-state index in [2.05, 4.69) is 21.2 Å². The van der Waals surface area contributed by atoms with Gasteiger partial charge in [-0.1, -0.05) is 25.3 Å². The van der Waals surface area contributed by atoms with Crippen molar-refractivity contribution in [3.63, 3.8) is 0 Å². The molecule has 4 heteroatoms. The van der Waals surface area contributed by atoms with Gasteiger partial charge in [0.05, 0.1) is 17.2 Å². The van der Waals surface area contributed by atoms with Gasteiger partial charge >= 0.3 is 0 Å². The van der Waals surface area contributed by atoms with Crippen LogP contribution in [0.5, 0.6) is 0 Å². The maximum Gasteiger partial charge on any atom is 0.137 e. The summed E-state index contributed by atoms with van der Waals surface area (Å²) in [6.07, 6.45) is 6.87. The van der Waals surface area contributed by atoms with Gasteiger partial charge in [0.25, 0.3) is 0 Å². The summed E-state index contributed by atoms with van der Waals surface area (Å²) in [5.74, 6) is -0.218. The molecule has 0 saturated heterocycles. The molecule has 0 unspecified atom stereocenters. The summed E-state index contributed by atoms with van der Waals surface area (Å²) in [7, 11) is 0. The van der Waals surface area contributed by atoms with E-state index in [1.54, 1.807) is 6.07 Å². The van der Waals surface area contributed by atoms with Crippen LogP contribution in [0.3, 0.4) is 0 Å². The summed E-state index contributed by atoms with van der Waals surface area (Å²) in [4.78, 5) is 0. The van der Waals surface area contributed by atoms with Crippen LogP contribution in [0.2, 0.25) is 0 Å². The lowest BCUT2D eigenvalue weighted by molar-refractivity contribution is 0.0302. The average molecular weight is 330 g/mol. The van der Waals surface area contributed by atoms with Gasteiger partial charge in [0.1, 0.15) is 5.82 Å². The van der Waals surface area contributed by atoms with Crippen molar-refractivity contribution in [3.8, 4) is 0 Å². The molecule has 1 N–H and O–H groups in total. The summed E-state index contributed by atoms with van der Waals surface area (Å²) >= 11 is 3.19. The van der Waals surface area contributed by atoms with E-state index >= 15 is 0 Å². The number of benzene rings is 1. The lowest BCUT2D eigenvalue weighted by Gasteiger charge is -2.22. The van der Waals surface area contributed by atoms with Crippen molar-refractivity contribution in [2.45, 2.75) is 44.8 Å². The highest BCUT2D eigenvalue weighted by molar-refractivity contribution is 9.10. The van der Waals surface area contributed by atoms with Crippen molar-refractivity contribution in [1.82, 2.24) is 5.32 Å². The standard InChI is InChI=1S/C15H21BrFNO/c16-14-10-12(6-7-15(14)17)11-18-8-9-19-13-4-2-1-3-5-13/h6-7,10,13,18H,1-5,8-9,11H2. The van der Waals surface area contributed by atoms with Gasteiger partial charge < -0.3 is 10.1 Å². The molecular weight excluding hydrogens is 309 g/mol. The second-order valence-electron chi connectivity index (χ2n) is 5.06. The number of hydrogen-bond donors (Lipinski definition) is 1. The van der Waals surface area contributed by atoms with Crippen LogP contribution in [0, 0.1) is 5.82 Å². The van der Waals surface area contributed by atoms with Crippen LogP contribution in [0.4, 0.5) is 4.39 Å². The molecule has 1 aliphatic rings. The Morgan fingerprint density at radius 3 is 2.79 bits per heavy atom. The molecule has 0 spiro atoms. The third-order valence-corrected chi connectivity index (χ3v) is 4.11. The summed E-state index contributed by atoms with van der Waals surface area (Å²) in [6.45, 7) is 2.34. The maximum absolute atomic E-state index is 13.1. The largest absolute Gasteiger partial charge is 0.377 e. The zero-order chi connectivity index (χ0) is 13.5. The van der Waals surface area contributed by atoms with E-state index in [9.17, 15) is 4.39 Å². The highest BCUT2D eigenvalue weighted by atomic mass is 79.9. The molecule has 106 valence electrons. The van der Waals surface area contributed by atoms with Crippen LogP contribution < -0.4 is 5.32 Å². The minimum absolute atomic E-state index is 0.218. The average Bonchev–Trinajstić information content (AvgIpc) is 2.43. The zero-order valence-corrected chi connectivity index (χ0v) is 12.7. The Morgan fingerprint density at radius 2 is 2.05 bits per heavy atom. The minimum atomic E-state index is -0.218. The van der Waals surface area contributed by atoms with Gasteiger partial charge in [-0.15, -0.1) is 0 Å². The summed E-state index contributed by atoms with van der Waals surface area (Å²) in [5.41, 5.74) is 1.07. The van der Waals surface area contributed by atoms with E-state index in [1.807, 2.05) is 6.07 Å². The fourth-order valence-electron chi connectivity index (χ4n) is 2.41. The van der Waals surface area contributed by atoms with Crippen molar-refractivity contribution in [2.75, 3.05) is 13.2 Å². The van der Waals surface area contributed by atoms with E-state index in [0.717, 1.165) is 25.3 Å². The van der Waals surface area contributed by atoms with Gasteiger partial charge in [0.2, 0.25) is 0 Å². The molecule has 1 aromatic rings. The van der Waals surface area contributed by atoms with E-state index in [0.29, 0.717) is 10.6 Å². The molecule has 0 atom stereocenters. The molecule has 2 rings (SSSR count). The first-order valence-corrected chi connectivity index (χ1v) is 7.81. The highest BCUT2D eigenvalue weighted by Gasteiger charge is 2.12. The van der Waals surface area contributed by atoms with Crippen LogP contribution in [-0.2, 0) is 11.3 Å². The molecule has 0 heterocycles. The molecule has 2 nitrogen and oxygen atoms in total. The predicted molar refractivity (Wildman–Crippen MR) is 78.6 cm³/mol. The van der Waals surface area contributed by atoms with Crippen LogP contribution in [0.1, 0.15) is 37.7 Å². The zero-order valence-electron chi connectivity index (χ0n) is 11.1. The fraction of sp³-hybridized carbons (Fsp3) is 0.600. The number of halogens is 2. The molecule has 19 heavy (non-hydrogen) atoms. The van der Waals surface area contributed by atoms with Gasteiger partial charge in [-0.3, -0.25) is 0 Å². The molecular formula is C15H21BrFNO. The minimum Gasteiger partial charge on any atom is -0.377 e. The van der Waals surface area contributed by atoms with E-state index in [4.69, 9.17) is 4.74 Å². The molecule has 1 fully saturated rings. The van der Waals surface area contributed by atoms with Gasteiger partial charge in [-0.25, -0.2) is 4.39 Å². The summed E-state index contributed by atoms with van der Waals surface area (Å²) < 4.78 is 19.4. The molecule has 0 aliphatic heterocycles. The molecule has 1 aromatic carbocycles. The van der Waals surface area contributed by atoms with Crippen molar-refractivity contribution in [1.29, 1.82) is 0 Å². The SMILES string of the molecule is Fc1ccc(CNCCOC2CCCCC2)cc1Br. The Bertz CT molecular complexity index is 394. The van der Waals surface area contributed by atoms with Crippen LogP contribution in [0.25, 0.3) is 0 Å². The third kappa shape index (κ3) is 5.21. The summed E-state index contributed by atoms with van der Waals surface area (Å²) in [6, 6.07) is 5.10. The molecule has 0 amide bonds. The van der Waals surface area contributed by atoms with E-state index < -0.39 is 0 Å². The lowest BCUT2D eigenvalue weighted by atomic mass is 9.98. The number of hydrogen-bond acceptors (Lipinski definition) is 2. The van der Waals surface area contributed by atoms with Crippen molar-refractivity contribution in [2.24, 2.45) is 0 Å². The van der Waals surface area contributed by atoms with Gasteiger partial charge in [-0.2, -0.15) is 0 Å². The quantitative estimate of drug-likeness (QED) is 0.795. The summed E-state index contributed by atoms with van der Waals surface area (Å²) in [5, 5.41) is 3.32. The van der Waals surface area contributed by atoms with Crippen LogP contribution >= 0.6 is 15.9 Å². The monoisotopic (exact) mass is 329 g/mol. The first-order valence-electron chi connectivity index (χ1n) is 7.02. The second-order valence-corrected chi connectivity index (χ2v) is 5.91. The first-order chi connectivity index (χ1) is 9.25. The number of nitrogens with one attached hydrogen (secondary N) is 1. The Hall–Kier alpha value is -0.450. The Kier molecular flexibility index (Phi) is 6.28. The van der Waals surface area contributed by atoms with Gasteiger partial charge in [0, 0.05) is 13.1 Å². The van der Waals surface area contributed by atoms with Crippen molar-refractivity contribution < 1.29 is 9.13 Å². The van der Waals surface area contributed by atoms with Crippen LogP contribution in [0.15, 0.2) is 22.7 Å². The number of rotatable bonds is 6. The van der Waals surface area contributed by atoms with E-state index in [1.165, 1.54) is 38.2 Å². The Labute approximate surface area is 122 Å². The maximum atomic E-state index is 13.1. The van der Waals surface area contributed by atoms with Crippen LogP contribution in [-0.4, -0.2) is 19.3 Å². The van der Waals surface area contributed by atoms with E-state index in [-0.39, 0.29) is 5.82 Å². The smallest absolute Gasteiger partial charge is 0.137 e. The third-order valence-electron chi connectivity index (χ3n) is 3.50. The molecule has 1 aliphatic carbocycles. The molecule has 0 bridgehead atoms. The van der Waals surface area contributed by atoms with Crippen molar-refractivity contribution in [3.05, 3.63) is 34.1 Å². The number of ether oxygens (including phenoxy) is 1. The predicted octanol–water partition coefficient (Wildman–Crippen LogP) is 4.03. The van der Waals surface area contributed by atoms with Gasteiger partial charge in [0.15, 0.2) is 0 Å². The van der Waals surface area contributed by atoms with Gasteiger partial charge in [-0.05, 0) is 46.5 Å². The first kappa shape index (κ1) is 14.9. The fourth-order valence-corrected chi connectivity index (χ4v) is 2.84.